The van der Waals surface area contributed by atoms with Gasteiger partial charge in [0.1, 0.15) is 0 Å². The van der Waals surface area contributed by atoms with Gasteiger partial charge in [0.05, 0.1) is 0 Å². The molecule has 0 radical (unpaired) electrons. The molecule has 2 nitrogen and oxygen atoms in total. The molecule has 1 unspecified atom stereocenters. The van der Waals surface area contributed by atoms with Crippen molar-refractivity contribution in [2.45, 2.75) is 33.7 Å². The third-order valence-corrected chi connectivity index (χ3v) is 2.26. The third kappa shape index (κ3) is 2.52. The Hall–Kier alpha value is -0.890. The fourth-order valence-electron chi connectivity index (χ4n) is 1.58. The maximum Gasteiger partial charge on any atom is 0.0375 e. The molecule has 1 aromatic rings. The molecule has 72 valence electrons. The predicted octanol–water partition coefficient (Wildman–Crippen LogP) is 2.37. The highest BCUT2D eigenvalue weighted by Gasteiger charge is 2.06. The van der Waals surface area contributed by atoms with Crippen molar-refractivity contribution in [3.05, 3.63) is 29.1 Å². The van der Waals surface area contributed by atoms with Crippen molar-refractivity contribution in [2.24, 2.45) is 0 Å². The maximum absolute atomic E-state index is 4.30. The molecular formula is C11H18N2. The average Bonchev–Trinajstić information content (AvgIpc) is 2.04. The second-order valence-electron chi connectivity index (χ2n) is 3.46. The van der Waals surface area contributed by atoms with Gasteiger partial charge in [-0.25, -0.2) is 0 Å². The minimum atomic E-state index is 0.401. The van der Waals surface area contributed by atoms with Gasteiger partial charge in [0.2, 0.25) is 0 Å². The number of nitrogens with one attached hydrogen (secondary N) is 1. The van der Waals surface area contributed by atoms with Crippen LogP contribution in [-0.2, 0) is 0 Å². The second kappa shape index (κ2) is 4.38. The van der Waals surface area contributed by atoms with E-state index in [-0.39, 0.29) is 0 Å². The summed E-state index contributed by atoms with van der Waals surface area (Å²) in [5.74, 6) is 0. The van der Waals surface area contributed by atoms with Gasteiger partial charge in [-0.15, -0.1) is 0 Å². The van der Waals surface area contributed by atoms with Gasteiger partial charge in [0.15, 0.2) is 0 Å². The topological polar surface area (TPSA) is 24.9 Å². The van der Waals surface area contributed by atoms with Gasteiger partial charge in [-0.3, -0.25) is 4.98 Å². The van der Waals surface area contributed by atoms with Crippen LogP contribution in [0.2, 0.25) is 0 Å². The van der Waals surface area contributed by atoms with Crippen LogP contribution >= 0.6 is 0 Å². The van der Waals surface area contributed by atoms with Crippen LogP contribution < -0.4 is 5.32 Å². The molecule has 1 rings (SSSR count). The summed E-state index contributed by atoms with van der Waals surface area (Å²) in [4.78, 5) is 4.30. The van der Waals surface area contributed by atoms with Crippen LogP contribution in [0.25, 0.3) is 0 Å². The number of pyridine rings is 1. The van der Waals surface area contributed by atoms with Crippen LogP contribution in [0.15, 0.2) is 12.3 Å². The normalized spacial score (nSPS) is 12.9. The SMILES string of the molecule is CCNC(C)c1cnc(C)cc1C. The molecule has 0 spiro atoms. The first-order valence-corrected chi connectivity index (χ1v) is 4.81. The number of rotatable bonds is 3. The van der Waals surface area contributed by atoms with E-state index in [1.54, 1.807) is 0 Å². The van der Waals surface area contributed by atoms with Gasteiger partial charge in [-0.1, -0.05) is 6.92 Å². The van der Waals surface area contributed by atoms with Crippen LogP contribution in [0.5, 0.6) is 0 Å². The Kier molecular flexibility index (Phi) is 3.43. The van der Waals surface area contributed by atoms with Crippen molar-refractivity contribution in [3.63, 3.8) is 0 Å². The van der Waals surface area contributed by atoms with Crippen LogP contribution in [0.4, 0.5) is 0 Å². The Morgan fingerprint density at radius 1 is 1.46 bits per heavy atom. The van der Waals surface area contributed by atoms with Crippen LogP contribution in [0.1, 0.15) is 36.7 Å². The molecule has 0 amide bonds. The molecule has 0 aliphatic heterocycles. The van der Waals surface area contributed by atoms with E-state index in [4.69, 9.17) is 0 Å². The zero-order valence-electron chi connectivity index (χ0n) is 8.89. The summed E-state index contributed by atoms with van der Waals surface area (Å²) in [5.41, 5.74) is 3.71. The standard InChI is InChI=1S/C11H18N2/c1-5-12-10(4)11-7-13-9(3)6-8(11)2/h6-7,10,12H,5H2,1-4H3. The van der Waals surface area contributed by atoms with E-state index in [0.29, 0.717) is 6.04 Å². The van der Waals surface area contributed by atoms with Crippen molar-refractivity contribution in [2.75, 3.05) is 6.54 Å². The molecule has 1 atom stereocenters. The van der Waals surface area contributed by atoms with E-state index in [1.807, 2.05) is 13.1 Å². The minimum Gasteiger partial charge on any atom is -0.310 e. The molecule has 0 aromatic carbocycles. The summed E-state index contributed by atoms with van der Waals surface area (Å²) < 4.78 is 0. The highest BCUT2D eigenvalue weighted by molar-refractivity contribution is 5.27. The average molecular weight is 178 g/mol. The van der Waals surface area contributed by atoms with Crippen molar-refractivity contribution in [3.8, 4) is 0 Å². The summed E-state index contributed by atoms with van der Waals surface area (Å²) in [6.07, 6.45) is 1.97. The molecule has 0 aliphatic rings. The number of hydrogen-bond acceptors (Lipinski definition) is 2. The Labute approximate surface area is 80.4 Å². The summed E-state index contributed by atoms with van der Waals surface area (Å²) in [6, 6.07) is 2.53. The van der Waals surface area contributed by atoms with Crippen molar-refractivity contribution >= 4 is 0 Å². The first-order chi connectivity index (χ1) is 6.15. The van der Waals surface area contributed by atoms with E-state index in [1.165, 1.54) is 11.1 Å². The lowest BCUT2D eigenvalue weighted by molar-refractivity contribution is 0.593. The lowest BCUT2D eigenvalue weighted by Gasteiger charge is -2.14. The fraction of sp³-hybridized carbons (Fsp3) is 0.545. The van der Waals surface area contributed by atoms with Crippen LogP contribution in [0, 0.1) is 13.8 Å². The van der Waals surface area contributed by atoms with Crippen molar-refractivity contribution < 1.29 is 0 Å². The quantitative estimate of drug-likeness (QED) is 0.768. The van der Waals surface area contributed by atoms with Gasteiger partial charge < -0.3 is 5.32 Å². The van der Waals surface area contributed by atoms with Gasteiger partial charge in [-0.2, -0.15) is 0 Å². The molecular weight excluding hydrogens is 160 g/mol. The summed E-state index contributed by atoms with van der Waals surface area (Å²) in [6.45, 7) is 9.44. The maximum atomic E-state index is 4.30. The molecule has 0 saturated carbocycles. The number of aryl methyl sites for hydroxylation is 2. The molecule has 13 heavy (non-hydrogen) atoms. The number of aromatic nitrogens is 1. The number of nitrogens with zero attached hydrogens (tertiary/aromatic N) is 1. The first-order valence-electron chi connectivity index (χ1n) is 4.81. The number of hydrogen-bond donors (Lipinski definition) is 1. The van der Waals surface area contributed by atoms with E-state index >= 15 is 0 Å². The zero-order valence-corrected chi connectivity index (χ0v) is 8.89. The van der Waals surface area contributed by atoms with Gasteiger partial charge in [-0.05, 0) is 44.5 Å². The van der Waals surface area contributed by atoms with Crippen LogP contribution in [0.3, 0.4) is 0 Å². The lowest BCUT2D eigenvalue weighted by atomic mass is 10.0. The zero-order chi connectivity index (χ0) is 9.84. The van der Waals surface area contributed by atoms with E-state index in [9.17, 15) is 0 Å². The summed E-state index contributed by atoms with van der Waals surface area (Å²) >= 11 is 0. The highest BCUT2D eigenvalue weighted by Crippen LogP contribution is 2.16. The van der Waals surface area contributed by atoms with Crippen molar-refractivity contribution in [1.29, 1.82) is 0 Å². The fourth-order valence-corrected chi connectivity index (χ4v) is 1.58. The van der Waals surface area contributed by atoms with Crippen LogP contribution in [-0.4, -0.2) is 11.5 Å². The van der Waals surface area contributed by atoms with Gasteiger partial charge in [0, 0.05) is 17.9 Å². The minimum absolute atomic E-state index is 0.401. The first kappa shape index (κ1) is 10.2. The van der Waals surface area contributed by atoms with E-state index in [0.717, 1.165) is 12.2 Å². The monoisotopic (exact) mass is 178 g/mol. The Balaban J connectivity index is 2.88. The van der Waals surface area contributed by atoms with Crippen molar-refractivity contribution in [1.82, 2.24) is 10.3 Å². The Bertz CT molecular complexity index is 281. The molecule has 1 N–H and O–H groups in total. The molecule has 0 aliphatic carbocycles. The van der Waals surface area contributed by atoms with E-state index in [2.05, 4.69) is 37.1 Å². The van der Waals surface area contributed by atoms with E-state index < -0.39 is 0 Å². The molecule has 1 aromatic heterocycles. The molecule has 2 heteroatoms. The highest BCUT2D eigenvalue weighted by atomic mass is 14.9. The molecule has 0 bridgehead atoms. The molecule has 0 saturated heterocycles. The second-order valence-corrected chi connectivity index (χ2v) is 3.46. The molecule has 1 heterocycles. The van der Waals surface area contributed by atoms with Gasteiger partial charge in [0.25, 0.3) is 0 Å². The predicted molar refractivity (Wildman–Crippen MR) is 55.8 cm³/mol. The van der Waals surface area contributed by atoms with Gasteiger partial charge >= 0.3 is 0 Å². The summed E-state index contributed by atoms with van der Waals surface area (Å²) in [7, 11) is 0. The Morgan fingerprint density at radius 2 is 2.15 bits per heavy atom. The summed E-state index contributed by atoms with van der Waals surface area (Å²) in [5, 5.41) is 3.38. The smallest absolute Gasteiger partial charge is 0.0375 e. The Morgan fingerprint density at radius 3 is 2.69 bits per heavy atom. The lowest BCUT2D eigenvalue weighted by Crippen LogP contribution is -2.18. The molecule has 0 fully saturated rings. The largest absolute Gasteiger partial charge is 0.310 e. The third-order valence-electron chi connectivity index (χ3n) is 2.26.